The van der Waals surface area contributed by atoms with Gasteiger partial charge in [0.25, 0.3) is 0 Å². The Bertz CT molecular complexity index is 501. The molecular formula is C23H42N4O2. The Morgan fingerprint density at radius 2 is 1.59 bits per heavy atom. The molecule has 3 N–H and O–H groups in total. The molecule has 166 valence electrons. The van der Waals surface area contributed by atoms with Gasteiger partial charge in [0, 0.05) is 25.7 Å². The minimum absolute atomic E-state index is 0.0113. The SMILES string of the molecule is COC(=O)C1CCC(C2CNC(NC3CCC(CN4CCCC4)CC3)NC2)CC1. The van der Waals surface area contributed by atoms with Crippen molar-refractivity contribution in [2.75, 3.05) is 39.8 Å². The number of carbonyl (C=O) groups is 1. The first-order valence-electron chi connectivity index (χ1n) is 12.2. The summed E-state index contributed by atoms with van der Waals surface area (Å²) in [5.74, 6) is 2.46. The maximum absolute atomic E-state index is 11.7. The third-order valence-electron chi connectivity index (χ3n) is 8.11. The summed E-state index contributed by atoms with van der Waals surface area (Å²) >= 11 is 0. The predicted octanol–water partition coefficient (Wildman–Crippen LogP) is 2.30. The summed E-state index contributed by atoms with van der Waals surface area (Å²) in [5.41, 5.74) is 0. The van der Waals surface area contributed by atoms with Crippen LogP contribution in [-0.2, 0) is 9.53 Å². The van der Waals surface area contributed by atoms with Gasteiger partial charge in [0.1, 0.15) is 6.29 Å². The van der Waals surface area contributed by atoms with Gasteiger partial charge in [-0.1, -0.05) is 0 Å². The first-order valence-corrected chi connectivity index (χ1v) is 12.2. The van der Waals surface area contributed by atoms with E-state index in [0.717, 1.165) is 50.6 Å². The van der Waals surface area contributed by atoms with Crippen LogP contribution >= 0.6 is 0 Å². The summed E-state index contributed by atoms with van der Waals surface area (Å²) in [7, 11) is 1.51. The number of nitrogens with one attached hydrogen (secondary N) is 3. The second-order valence-corrected chi connectivity index (χ2v) is 10.0. The Labute approximate surface area is 176 Å². The van der Waals surface area contributed by atoms with Crippen LogP contribution in [0.4, 0.5) is 0 Å². The fourth-order valence-corrected chi connectivity index (χ4v) is 6.20. The Balaban J connectivity index is 1.11. The average molecular weight is 407 g/mol. The van der Waals surface area contributed by atoms with Crippen LogP contribution in [0.5, 0.6) is 0 Å². The summed E-state index contributed by atoms with van der Waals surface area (Å²) in [5, 5.41) is 11.2. The monoisotopic (exact) mass is 406 g/mol. The van der Waals surface area contributed by atoms with E-state index in [1.807, 2.05) is 0 Å². The van der Waals surface area contributed by atoms with E-state index in [4.69, 9.17) is 4.74 Å². The van der Waals surface area contributed by atoms with Gasteiger partial charge in [-0.3, -0.25) is 20.7 Å². The average Bonchev–Trinajstić information content (AvgIpc) is 3.28. The number of rotatable bonds is 6. The predicted molar refractivity (Wildman–Crippen MR) is 115 cm³/mol. The standard InChI is InChI=1S/C23H42N4O2/c1-29-22(28)19-8-6-18(7-9-19)20-14-24-23(25-15-20)26-21-10-4-17(5-11-21)16-27-12-2-3-13-27/h17-21,23-26H,2-16H2,1H3. The minimum Gasteiger partial charge on any atom is -0.469 e. The maximum Gasteiger partial charge on any atom is 0.308 e. The highest BCUT2D eigenvalue weighted by molar-refractivity contribution is 5.72. The minimum atomic E-state index is -0.0113. The largest absolute Gasteiger partial charge is 0.469 e. The lowest BCUT2D eigenvalue weighted by Crippen LogP contribution is -2.63. The van der Waals surface area contributed by atoms with E-state index in [9.17, 15) is 4.79 Å². The quantitative estimate of drug-likeness (QED) is 0.588. The van der Waals surface area contributed by atoms with Crippen LogP contribution in [0.1, 0.15) is 64.2 Å². The zero-order valence-electron chi connectivity index (χ0n) is 18.3. The van der Waals surface area contributed by atoms with Crippen LogP contribution in [0, 0.1) is 23.7 Å². The highest BCUT2D eigenvalue weighted by Gasteiger charge is 2.33. The Kier molecular flexibility index (Phi) is 7.84. The molecule has 0 amide bonds. The van der Waals surface area contributed by atoms with E-state index in [1.54, 1.807) is 0 Å². The van der Waals surface area contributed by atoms with Gasteiger partial charge in [0.2, 0.25) is 0 Å². The molecule has 0 aromatic rings. The molecule has 0 bridgehead atoms. The van der Waals surface area contributed by atoms with E-state index in [1.165, 1.54) is 65.3 Å². The molecule has 2 aliphatic heterocycles. The molecule has 2 saturated heterocycles. The number of hydrogen-bond acceptors (Lipinski definition) is 6. The second-order valence-electron chi connectivity index (χ2n) is 10.0. The van der Waals surface area contributed by atoms with Gasteiger partial charge < -0.3 is 9.64 Å². The van der Waals surface area contributed by atoms with E-state index >= 15 is 0 Å². The molecule has 29 heavy (non-hydrogen) atoms. The number of methoxy groups -OCH3 is 1. The first kappa shape index (κ1) is 21.5. The van der Waals surface area contributed by atoms with Crippen molar-refractivity contribution in [2.45, 2.75) is 76.5 Å². The third kappa shape index (κ3) is 5.93. The third-order valence-corrected chi connectivity index (χ3v) is 8.11. The van der Waals surface area contributed by atoms with Crippen LogP contribution in [0.25, 0.3) is 0 Å². The molecule has 0 spiro atoms. The summed E-state index contributed by atoms with van der Waals surface area (Å²) in [4.78, 5) is 14.4. The fourth-order valence-electron chi connectivity index (χ4n) is 6.20. The normalized spacial score (nSPS) is 39.3. The van der Waals surface area contributed by atoms with Gasteiger partial charge in [0.15, 0.2) is 0 Å². The van der Waals surface area contributed by atoms with E-state index in [0.29, 0.717) is 12.0 Å². The molecule has 2 saturated carbocycles. The molecule has 4 fully saturated rings. The Hall–Kier alpha value is -0.690. The van der Waals surface area contributed by atoms with Gasteiger partial charge in [-0.05, 0) is 95.1 Å². The first-order chi connectivity index (χ1) is 14.2. The zero-order valence-corrected chi connectivity index (χ0v) is 18.3. The summed E-state index contributed by atoms with van der Waals surface area (Å²) in [6.07, 6.45) is 12.8. The van der Waals surface area contributed by atoms with Crippen molar-refractivity contribution in [3.05, 3.63) is 0 Å². The van der Waals surface area contributed by atoms with Crippen LogP contribution in [-0.4, -0.2) is 63.0 Å². The fraction of sp³-hybridized carbons (Fsp3) is 0.957. The lowest BCUT2D eigenvalue weighted by molar-refractivity contribution is -0.147. The molecular weight excluding hydrogens is 364 g/mol. The van der Waals surface area contributed by atoms with E-state index in [-0.39, 0.29) is 18.2 Å². The van der Waals surface area contributed by atoms with Crippen molar-refractivity contribution in [2.24, 2.45) is 23.7 Å². The van der Waals surface area contributed by atoms with Crippen molar-refractivity contribution < 1.29 is 9.53 Å². The van der Waals surface area contributed by atoms with Crippen molar-refractivity contribution in [3.8, 4) is 0 Å². The molecule has 0 unspecified atom stereocenters. The van der Waals surface area contributed by atoms with Crippen LogP contribution in [0.3, 0.4) is 0 Å². The number of carbonyl (C=O) groups excluding carboxylic acids is 1. The number of ether oxygens (including phenoxy) is 1. The molecule has 6 nitrogen and oxygen atoms in total. The highest BCUT2D eigenvalue weighted by atomic mass is 16.5. The van der Waals surface area contributed by atoms with E-state index < -0.39 is 0 Å². The lowest BCUT2D eigenvalue weighted by atomic mass is 9.75. The molecule has 0 atom stereocenters. The van der Waals surface area contributed by atoms with Crippen molar-refractivity contribution >= 4 is 5.97 Å². The molecule has 0 radical (unpaired) electrons. The van der Waals surface area contributed by atoms with Crippen LogP contribution in [0.2, 0.25) is 0 Å². The second kappa shape index (κ2) is 10.6. The zero-order chi connectivity index (χ0) is 20.1. The van der Waals surface area contributed by atoms with Gasteiger partial charge in [0.05, 0.1) is 13.0 Å². The van der Waals surface area contributed by atoms with Gasteiger partial charge in [-0.25, -0.2) is 0 Å². The summed E-state index contributed by atoms with van der Waals surface area (Å²) in [6.45, 7) is 6.18. The summed E-state index contributed by atoms with van der Waals surface area (Å²) in [6, 6.07) is 0.655. The molecule has 0 aromatic heterocycles. The number of nitrogens with zero attached hydrogens (tertiary/aromatic N) is 1. The van der Waals surface area contributed by atoms with Crippen molar-refractivity contribution in [3.63, 3.8) is 0 Å². The smallest absolute Gasteiger partial charge is 0.308 e. The van der Waals surface area contributed by atoms with E-state index in [2.05, 4.69) is 20.9 Å². The maximum atomic E-state index is 11.7. The van der Waals surface area contributed by atoms with Crippen molar-refractivity contribution in [1.82, 2.24) is 20.9 Å². The number of esters is 1. The Morgan fingerprint density at radius 1 is 0.931 bits per heavy atom. The topological polar surface area (TPSA) is 65.6 Å². The van der Waals surface area contributed by atoms with Gasteiger partial charge >= 0.3 is 5.97 Å². The number of hydrogen-bond donors (Lipinski definition) is 3. The lowest BCUT2D eigenvalue weighted by Gasteiger charge is -2.40. The molecule has 4 rings (SSSR count). The molecule has 6 heteroatoms. The van der Waals surface area contributed by atoms with Crippen molar-refractivity contribution in [1.29, 1.82) is 0 Å². The highest BCUT2D eigenvalue weighted by Crippen LogP contribution is 2.34. The molecule has 2 aliphatic carbocycles. The Morgan fingerprint density at radius 3 is 2.21 bits per heavy atom. The molecule has 0 aromatic carbocycles. The van der Waals surface area contributed by atoms with Crippen LogP contribution < -0.4 is 16.0 Å². The van der Waals surface area contributed by atoms with Gasteiger partial charge in [-0.15, -0.1) is 0 Å². The van der Waals surface area contributed by atoms with Crippen LogP contribution in [0.15, 0.2) is 0 Å². The van der Waals surface area contributed by atoms with Gasteiger partial charge in [-0.2, -0.15) is 0 Å². The number of likely N-dealkylation sites (tertiary alicyclic amines) is 1. The molecule has 2 heterocycles. The molecule has 4 aliphatic rings. The summed E-state index contributed by atoms with van der Waals surface area (Å²) < 4.78 is 4.92.